The molecule has 0 aromatic heterocycles. The first kappa shape index (κ1) is 19.6. The van der Waals surface area contributed by atoms with Gasteiger partial charge < -0.3 is 10.2 Å². The highest BCUT2D eigenvalue weighted by atomic mass is 16.2. The third kappa shape index (κ3) is 5.17. The van der Waals surface area contributed by atoms with Gasteiger partial charge in [0.25, 0.3) is 5.91 Å². The molecule has 3 amide bonds. The smallest absolute Gasteiger partial charge is 0.324 e. The number of hydrogen-bond donors (Lipinski definition) is 1. The number of carbonyl (C=O) groups excluding carboxylic acids is 2. The molecule has 1 aromatic rings. The Hall–Kier alpha value is -2.18. The van der Waals surface area contributed by atoms with Gasteiger partial charge in [0.1, 0.15) is 5.54 Å². The zero-order valence-corrected chi connectivity index (χ0v) is 16.4. The lowest BCUT2D eigenvalue weighted by molar-refractivity contribution is -0.130. The summed E-state index contributed by atoms with van der Waals surface area (Å²) in [4.78, 5) is 30.3. The standard InChI is InChI=1S/C21H30N4O2/c1-21(2)19(26)25(20(27)22-21)13-7-12-24-16-14-23(15-17-24)11-6-10-18-8-4-3-5-9-18/h3-6,8-10H,7,11-17H2,1-2H3,(H,22,27)/b10-6+. The second-order valence-electron chi connectivity index (χ2n) is 7.82. The summed E-state index contributed by atoms with van der Waals surface area (Å²) in [6.45, 7) is 10.1. The van der Waals surface area contributed by atoms with Crippen LogP contribution in [0.1, 0.15) is 25.8 Å². The molecule has 0 saturated carbocycles. The number of piperazine rings is 1. The van der Waals surface area contributed by atoms with Crippen molar-refractivity contribution < 1.29 is 9.59 Å². The molecular weight excluding hydrogens is 340 g/mol. The van der Waals surface area contributed by atoms with Crippen molar-refractivity contribution in [3.05, 3.63) is 42.0 Å². The lowest BCUT2D eigenvalue weighted by Gasteiger charge is -2.34. The van der Waals surface area contributed by atoms with Gasteiger partial charge in [0, 0.05) is 39.3 Å². The molecule has 2 heterocycles. The van der Waals surface area contributed by atoms with Gasteiger partial charge in [0.2, 0.25) is 0 Å². The Bertz CT molecular complexity index is 679. The maximum absolute atomic E-state index is 12.2. The molecule has 6 nitrogen and oxygen atoms in total. The van der Waals surface area contributed by atoms with Gasteiger partial charge in [-0.2, -0.15) is 0 Å². The predicted molar refractivity (Wildman–Crippen MR) is 107 cm³/mol. The molecule has 0 radical (unpaired) electrons. The quantitative estimate of drug-likeness (QED) is 0.747. The van der Waals surface area contributed by atoms with E-state index in [4.69, 9.17) is 0 Å². The highest BCUT2D eigenvalue weighted by Gasteiger charge is 2.43. The van der Waals surface area contributed by atoms with Gasteiger partial charge in [-0.05, 0) is 32.4 Å². The number of imide groups is 1. The highest BCUT2D eigenvalue weighted by molar-refractivity contribution is 6.06. The predicted octanol–water partition coefficient (Wildman–Crippen LogP) is 2.04. The topological polar surface area (TPSA) is 55.9 Å². The number of nitrogens with one attached hydrogen (secondary N) is 1. The first-order chi connectivity index (χ1) is 13.0. The second-order valence-corrected chi connectivity index (χ2v) is 7.82. The Balaban J connectivity index is 1.33. The molecule has 0 unspecified atom stereocenters. The molecule has 3 rings (SSSR count). The van der Waals surface area contributed by atoms with Crippen molar-refractivity contribution in [3.8, 4) is 0 Å². The number of nitrogens with zero attached hydrogens (tertiary/aromatic N) is 3. The van der Waals surface area contributed by atoms with Crippen LogP contribution in [0.4, 0.5) is 4.79 Å². The maximum atomic E-state index is 12.2. The van der Waals surface area contributed by atoms with E-state index < -0.39 is 5.54 Å². The first-order valence-corrected chi connectivity index (χ1v) is 9.76. The molecule has 0 aliphatic carbocycles. The summed E-state index contributed by atoms with van der Waals surface area (Å²) in [6, 6.07) is 10.1. The van der Waals surface area contributed by atoms with Gasteiger partial charge in [-0.1, -0.05) is 42.5 Å². The zero-order chi connectivity index (χ0) is 19.3. The molecule has 27 heavy (non-hydrogen) atoms. The van der Waals surface area contributed by atoms with Crippen LogP contribution in [0.3, 0.4) is 0 Å². The van der Waals surface area contributed by atoms with Crippen LogP contribution in [0.2, 0.25) is 0 Å². The van der Waals surface area contributed by atoms with Crippen LogP contribution in [-0.4, -0.2) is 78.0 Å². The lowest BCUT2D eigenvalue weighted by atomic mass is 10.1. The van der Waals surface area contributed by atoms with Gasteiger partial charge in [0.05, 0.1) is 0 Å². The van der Waals surface area contributed by atoms with Gasteiger partial charge >= 0.3 is 6.03 Å². The van der Waals surface area contributed by atoms with Crippen molar-refractivity contribution in [3.63, 3.8) is 0 Å². The van der Waals surface area contributed by atoms with Crippen LogP contribution in [-0.2, 0) is 4.79 Å². The molecule has 0 spiro atoms. The van der Waals surface area contributed by atoms with E-state index in [0.717, 1.165) is 45.7 Å². The van der Waals surface area contributed by atoms with Crippen LogP contribution in [0, 0.1) is 0 Å². The normalized spacial score (nSPS) is 21.2. The number of rotatable bonds is 7. The van der Waals surface area contributed by atoms with Crippen molar-refractivity contribution >= 4 is 18.0 Å². The first-order valence-electron chi connectivity index (χ1n) is 9.76. The fourth-order valence-corrected chi connectivity index (χ4v) is 3.57. The number of carbonyl (C=O) groups is 2. The maximum Gasteiger partial charge on any atom is 0.325 e. The van der Waals surface area contributed by atoms with Crippen molar-refractivity contribution in [1.82, 2.24) is 20.0 Å². The SMILES string of the molecule is CC1(C)NC(=O)N(CCCN2CCN(C/C=C/c3ccccc3)CC2)C1=O. The van der Waals surface area contributed by atoms with E-state index in [2.05, 4.69) is 51.5 Å². The molecule has 2 saturated heterocycles. The molecule has 0 bridgehead atoms. The fraction of sp³-hybridized carbons (Fsp3) is 0.524. The van der Waals surface area contributed by atoms with Crippen molar-refractivity contribution in [2.45, 2.75) is 25.8 Å². The molecule has 6 heteroatoms. The highest BCUT2D eigenvalue weighted by Crippen LogP contribution is 2.16. The summed E-state index contributed by atoms with van der Waals surface area (Å²) >= 11 is 0. The van der Waals surface area contributed by atoms with Gasteiger partial charge in [-0.25, -0.2) is 4.79 Å². The third-order valence-electron chi connectivity index (χ3n) is 5.24. The van der Waals surface area contributed by atoms with Gasteiger partial charge in [-0.15, -0.1) is 0 Å². The van der Waals surface area contributed by atoms with Crippen LogP contribution >= 0.6 is 0 Å². The van der Waals surface area contributed by atoms with E-state index in [-0.39, 0.29) is 11.9 Å². The summed E-state index contributed by atoms with van der Waals surface area (Å²) in [6.07, 6.45) is 5.22. The summed E-state index contributed by atoms with van der Waals surface area (Å²) in [7, 11) is 0. The Morgan fingerprint density at radius 1 is 1.00 bits per heavy atom. The monoisotopic (exact) mass is 370 g/mol. The van der Waals surface area contributed by atoms with Gasteiger partial charge in [0.15, 0.2) is 0 Å². The van der Waals surface area contributed by atoms with Crippen LogP contribution in [0.5, 0.6) is 0 Å². The minimum atomic E-state index is -0.768. The van der Waals surface area contributed by atoms with E-state index >= 15 is 0 Å². The zero-order valence-electron chi connectivity index (χ0n) is 16.4. The Morgan fingerprint density at radius 3 is 2.30 bits per heavy atom. The molecule has 0 atom stereocenters. The third-order valence-corrected chi connectivity index (χ3v) is 5.24. The number of benzene rings is 1. The average molecular weight is 370 g/mol. The number of urea groups is 1. The van der Waals surface area contributed by atoms with Crippen molar-refractivity contribution in [2.24, 2.45) is 0 Å². The molecule has 2 fully saturated rings. The summed E-state index contributed by atoms with van der Waals surface area (Å²) in [5.74, 6) is -0.123. The van der Waals surface area contributed by atoms with E-state index in [0.29, 0.717) is 6.54 Å². The van der Waals surface area contributed by atoms with E-state index in [9.17, 15) is 9.59 Å². The minimum absolute atomic E-state index is 0.123. The fourth-order valence-electron chi connectivity index (χ4n) is 3.57. The molecule has 2 aliphatic rings. The Morgan fingerprint density at radius 2 is 1.67 bits per heavy atom. The molecule has 1 aromatic carbocycles. The summed E-state index contributed by atoms with van der Waals surface area (Å²) in [5.41, 5.74) is 0.468. The van der Waals surface area contributed by atoms with E-state index in [1.807, 2.05) is 6.07 Å². The Kier molecular flexibility index (Phi) is 6.29. The van der Waals surface area contributed by atoms with Crippen molar-refractivity contribution in [2.75, 3.05) is 45.8 Å². The van der Waals surface area contributed by atoms with E-state index in [1.165, 1.54) is 10.5 Å². The molecule has 1 N–H and O–H groups in total. The number of amides is 3. The molecule has 2 aliphatic heterocycles. The number of hydrogen-bond acceptors (Lipinski definition) is 4. The largest absolute Gasteiger partial charge is 0.325 e. The summed E-state index contributed by atoms with van der Waals surface area (Å²) in [5, 5.41) is 2.73. The van der Waals surface area contributed by atoms with Crippen LogP contribution in [0.15, 0.2) is 36.4 Å². The van der Waals surface area contributed by atoms with Crippen LogP contribution in [0.25, 0.3) is 6.08 Å². The van der Waals surface area contributed by atoms with Crippen LogP contribution < -0.4 is 5.32 Å². The molecule has 146 valence electrons. The lowest BCUT2D eigenvalue weighted by Crippen LogP contribution is -2.47. The van der Waals surface area contributed by atoms with Gasteiger partial charge in [-0.3, -0.25) is 14.6 Å². The van der Waals surface area contributed by atoms with Crippen molar-refractivity contribution in [1.29, 1.82) is 0 Å². The Labute approximate surface area is 161 Å². The molecular formula is C21H30N4O2. The minimum Gasteiger partial charge on any atom is -0.324 e. The average Bonchev–Trinajstić information content (AvgIpc) is 2.85. The second kappa shape index (κ2) is 8.67. The van der Waals surface area contributed by atoms with E-state index in [1.54, 1.807) is 13.8 Å². The summed E-state index contributed by atoms with van der Waals surface area (Å²) < 4.78 is 0.